The molecule has 98 valence electrons. The van der Waals surface area contributed by atoms with Crippen LogP contribution in [0.3, 0.4) is 0 Å². The first-order valence-electron chi connectivity index (χ1n) is 5.98. The summed E-state index contributed by atoms with van der Waals surface area (Å²) in [6.07, 6.45) is 0. The van der Waals surface area contributed by atoms with Crippen molar-refractivity contribution in [2.75, 3.05) is 0 Å². The number of carboxylic acids is 1. The third kappa shape index (κ3) is 3.87. The van der Waals surface area contributed by atoms with Crippen molar-refractivity contribution in [2.24, 2.45) is 11.8 Å². The van der Waals surface area contributed by atoms with Crippen molar-refractivity contribution in [3.8, 4) is 0 Å². The standard InChI is InChI=1S/C14H19NO3/c1-9(2)12(14(17)18)13(16)15-8-11-6-4-5-10(3)7-11/h4-7,9,12H,8H2,1-3H3,(H,15,16)(H,17,18). The number of carbonyl (C=O) groups is 2. The molecule has 1 unspecified atom stereocenters. The Morgan fingerprint density at radius 1 is 1.33 bits per heavy atom. The highest BCUT2D eigenvalue weighted by molar-refractivity contribution is 5.97. The molecule has 0 fully saturated rings. The van der Waals surface area contributed by atoms with Crippen molar-refractivity contribution in [3.63, 3.8) is 0 Å². The van der Waals surface area contributed by atoms with Crippen molar-refractivity contribution in [1.29, 1.82) is 0 Å². The summed E-state index contributed by atoms with van der Waals surface area (Å²) in [6, 6.07) is 7.75. The molecule has 4 nitrogen and oxygen atoms in total. The van der Waals surface area contributed by atoms with Gasteiger partial charge in [-0.15, -0.1) is 0 Å². The number of carbonyl (C=O) groups excluding carboxylic acids is 1. The van der Waals surface area contributed by atoms with Gasteiger partial charge in [-0.25, -0.2) is 0 Å². The van der Waals surface area contributed by atoms with E-state index in [1.807, 2.05) is 31.2 Å². The number of hydrogen-bond acceptors (Lipinski definition) is 2. The van der Waals surface area contributed by atoms with Crippen LogP contribution in [-0.4, -0.2) is 17.0 Å². The summed E-state index contributed by atoms with van der Waals surface area (Å²) < 4.78 is 0. The lowest BCUT2D eigenvalue weighted by Crippen LogP contribution is -2.38. The number of aryl methyl sites for hydroxylation is 1. The number of rotatable bonds is 5. The summed E-state index contributed by atoms with van der Waals surface area (Å²) in [6.45, 7) is 5.78. The molecule has 1 amide bonds. The monoisotopic (exact) mass is 249 g/mol. The van der Waals surface area contributed by atoms with E-state index in [2.05, 4.69) is 5.32 Å². The van der Waals surface area contributed by atoms with E-state index in [1.165, 1.54) is 0 Å². The Balaban J connectivity index is 2.62. The van der Waals surface area contributed by atoms with Gasteiger partial charge in [0.2, 0.25) is 5.91 Å². The average molecular weight is 249 g/mol. The van der Waals surface area contributed by atoms with Crippen molar-refractivity contribution in [1.82, 2.24) is 5.32 Å². The number of hydrogen-bond donors (Lipinski definition) is 2. The number of benzene rings is 1. The van der Waals surface area contributed by atoms with E-state index < -0.39 is 17.8 Å². The third-order valence-corrected chi connectivity index (χ3v) is 2.76. The zero-order chi connectivity index (χ0) is 13.7. The molecule has 0 spiro atoms. The summed E-state index contributed by atoms with van der Waals surface area (Å²) in [7, 11) is 0. The van der Waals surface area contributed by atoms with Crippen LogP contribution in [0.5, 0.6) is 0 Å². The summed E-state index contributed by atoms with van der Waals surface area (Å²) in [5, 5.41) is 11.7. The van der Waals surface area contributed by atoms with E-state index in [1.54, 1.807) is 13.8 Å². The van der Waals surface area contributed by atoms with E-state index >= 15 is 0 Å². The Labute approximate surface area is 107 Å². The van der Waals surface area contributed by atoms with Gasteiger partial charge in [-0.3, -0.25) is 9.59 Å². The van der Waals surface area contributed by atoms with Crippen LogP contribution >= 0.6 is 0 Å². The fourth-order valence-corrected chi connectivity index (χ4v) is 1.82. The number of nitrogens with one attached hydrogen (secondary N) is 1. The van der Waals surface area contributed by atoms with Crippen LogP contribution in [0.25, 0.3) is 0 Å². The van der Waals surface area contributed by atoms with Gasteiger partial charge in [0.25, 0.3) is 0 Å². The molecule has 0 radical (unpaired) electrons. The fourth-order valence-electron chi connectivity index (χ4n) is 1.82. The van der Waals surface area contributed by atoms with E-state index in [9.17, 15) is 9.59 Å². The Kier molecular flexibility index (Phi) is 4.89. The smallest absolute Gasteiger partial charge is 0.316 e. The summed E-state index contributed by atoms with van der Waals surface area (Å²) >= 11 is 0. The van der Waals surface area contributed by atoms with Gasteiger partial charge in [-0.2, -0.15) is 0 Å². The quantitative estimate of drug-likeness (QED) is 0.784. The highest BCUT2D eigenvalue weighted by Gasteiger charge is 2.29. The Hall–Kier alpha value is -1.84. The first kappa shape index (κ1) is 14.2. The first-order chi connectivity index (χ1) is 8.41. The normalized spacial score (nSPS) is 12.2. The molecule has 0 saturated carbocycles. The highest BCUT2D eigenvalue weighted by Crippen LogP contribution is 2.12. The van der Waals surface area contributed by atoms with Crippen LogP contribution in [0.1, 0.15) is 25.0 Å². The lowest BCUT2D eigenvalue weighted by molar-refractivity contribution is -0.148. The van der Waals surface area contributed by atoms with Crippen LogP contribution in [0.2, 0.25) is 0 Å². The predicted molar refractivity (Wildman–Crippen MR) is 69.0 cm³/mol. The van der Waals surface area contributed by atoms with Gasteiger partial charge in [-0.05, 0) is 18.4 Å². The van der Waals surface area contributed by atoms with Gasteiger partial charge in [-0.1, -0.05) is 43.7 Å². The molecule has 2 N–H and O–H groups in total. The Morgan fingerprint density at radius 3 is 2.50 bits per heavy atom. The minimum atomic E-state index is -1.08. The summed E-state index contributed by atoms with van der Waals surface area (Å²) in [4.78, 5) is 22.8. The molecule has 1 rings (SSSR count). The van der Waals surface area contributed by atoms with Gasteiger partial charge >= 0.3 is 5.97 Å². The lowest BCUT2D eigenvalue weighted by atomic mass is 9.95. The van der Waals surface area contributed by atoms with Crippen molar-refractivity contribution in [2.45, 2.75) is 27.3 Å². The van der Waals surface area contributed by atoms with Crippen LogP contribution in [0, 0.1) is 18.8 Å². The maximum atomic E-state index is 11.8. The van der Waals surface area contributed by atoms with E-state index in [0.717, 1.165) is 11.1 Å². The van der Waals surface area contributed by atoms with Crippen LogP contribution in [0.15, 0.2) is 24.3 Å². The molecule has 0 saturated heterocycles. The maximum Gasteiger partial charge on any atom is 0.316 e. The maximum absolute atomic E-state index is 11.8. The number of carboxylic acid groups (broad SMARTS) is 1. The molecule has 0 heterocycles. The van der Waals surface area contributed by atoms with Crippen LogP contribution in [0.4, 0.5) is 0 Å². The third-order valence-electron chi connectivity index (χ3n) is 2.76. The molecule has 1 atom stereocenters. The Bertz CT molecular complexity index is 440. The molecule has 1 aromatic carbocycles. The average Bonchev–Trinajstić information content (AvgIpc) is 2.25. The molecule has 1 aromatic rings. The molecule has 0 aliphatic rings. The highest BCUT2D eigenvalue weighted by atomic mass is 16.4. The molecular formula is C14H19NO3. The summed E-state index contributed by atoms with van der Waals surface area (Å²) in [5.74, 6) is -2.72. The number of aliphatic carboxylic acids is 1. The van der Waals surface area contributed by atoms with Crippen molar-refractivity contribution >= 4 is 11.9 Å². The van der Waals surface area contributed by atoms with E-state index in [4.69, 9.17) is 5.11 Å². The zero-order valence-corrected chi connectivity index (χ0v) is 10.9. The molecule has 18 heavy (non-hydrogen) atoms. The molecule has 0 aliphatic heterocycles. The minimum Gasteiger partial charge on any atom is -0.481 e. The number of amides is 1. The minimum absolute atomic E-state index is 0.222. The van der Waals surface area contributed by atoms with Crippen LogP contribution in [-0.2, 0) is 16.1 Å². The molecular weight excluding hydrogens is 230 g/mol. The Morgan fingerprint density at radius 2 is 2.00 bits per heavy atom. The first-order valence-corrected chi connectivity index (χ1v) is 5.98. The van der Waals surface area contributed by atoms with Gasteiger partial charge in [0.15, 0.2) is 0 Å². The molecule has 0 bridgehead atoms. The molecule has 4 heteroatoms. The van der Waals surface area contributed by atoms with Gasteiger partial charge in [0.05, 0.1) is 0 Å². The van der Waals surface area contributed by atoms with Gasteiger partial charge < -0.3 is 10.4 Å². The van der Waals surface area contributed by atoms with E-state index in [-0.39, 0.29) is 5.92 Å². The molecule has 0 aromatic heterocycles. The van der Waals surface area contributed by atoms with Crippen molar-refractivity contribution in [3.05, 3.63) is 35.4 Å². The SMILES string of the molecule is Cc1cccc(CNC(=O)C(C(=O)O)C(C)C)c1. The topological polar surface area (TPSA) is 66.4 Å². The second kappa shape index (κ2) is 6.19. The lowest BCUT2D eigenvalue weighted by Gasteiger charge is -2.16. The van der Waals surface area contributed by atoms with Gasteiger partial charge in [0.1, 0.15) is 5.92 Å². The second-order valence-corrected chi connectivity index (χ2v) is 4.77. The van der Waals surface area contributed by atoms with E-state index in [0.29, 0.717) is 6.54 Å². The summed E-state index contributed by atoms with van der Waals surface area (Å²) in [5.41, 5.74) is 2.08. The predicted octanol–water partition coefficient (Wildman–Crippen LogP) is 1.97. The molecule has 0 aliphatic carbocycles. The van der Waals surface area contributed by atoms with Crippen LogP contribution < -0.4 is 5.32 Å². The largest absolute Gasteiger partial charge is 0.481 e. The zero-order valence-electron chi connectivity index (χ0n) is 10.9. The van der Waals surface area contributed by atoms with Gasteiger partial charge in [0, 0.05) is 6.54 Å². The second-order valence-electron chi connectivity index (χ2n) is 4.77. The van der Waals surface area contributed by atoms with Crippen molar-refractivity contribution < 1.29 is 14.7 Å². The fraction of sp³-hybridized carbons (Fsp3) is 0.429.